The molecule has 0 fully saturated rings. The van der Waals surface area contributed by atoms with E-state index in [1.165, 1.54) is 42.5 Å². The normalized spacial score (nSPS) is 12.6. The lowest BCUT2D eigenvalue weighted by atomic mass is 10.1. The van der Waals surface area contributed by atoms with E-state index in [0.717, 1.165) is 12.4 Å². The minimum absolute atomic E-state index is 0.00227. The Hall–Kier alpha value is -3.81. The van der Waals surface area contributed by atoms with E-state index in [2.05, 4.69) is 20.3 Å². The van der Waals surface area contributed by atoms with Crippen LogP contribution in [-0.4, -0.2) is 35.9 Å². The molecule has 0 atom stereocenters. The maximum absolute atomic E-state index is 14.5. The lowest BCUT2D eigenvalue weighted by Crippen LogP contribution is -2.39. The lowest BCUT2D eigenvalue weighted by molar-refractivity contribution is -0.0437. The molecule has 0 unspecified atom stereocenters. The summed E-state index contributed by atoms with van der Waals surface area (Å²) in [5, 5.41) is 3.03. The Bertz CT molecular complexity index is 1550. The number of aromatic amines is 1. The molecule has 1 aromatic carbocycles. The van der Waals surface area contributed by atoms with Gasteiger partial charge in [-0.05, 0) is 42.0 Å². The highest BCUT2D eigenvalue weighted by atomic mass is 32.2. The first-order valence-electron chi connectivity index (χ1n) is 10.6. The van der Waals surface area contributed by atoms with Crippen molar-refractivity contribution in [3.05, 3.63) is 71.8 Å². The average molecular weight is 543 g/mol. The SMILES string of the molecule is CN(c1ncccc1CNc1c(C(C)(F)F)cnc2[nH]c(-c3ccc(F)cc3)cc12)S(=O)(=O)C(F)(F)F. The number of anilines is 2. The van der Waals surface area contributed by atoms with Gasteiger partial charge in [-0.15, -0.1) is 0 Å². The third-order valence-corrected chi connectivity index (χ3v) is 7.04. The number of benzene rings is 1. The number of aromatic nitrogens is 3. The molecule has 196 valence electrons. The lowest BCUT2D eigenvalue weighted by Gasteiger charge is -2.23. The van der Waals surface area contributed by atoms with Crippen molar-refractivity contribution in [1.29, 1.82) is 0 Å². The Morgan fingerprint density at radius 3 is 2.35 bits per heavy atom. The average Bonchev–Trinajstić information content (AvgIpc) is 3.26. The van der Waals surface area contributed by atoms with Gasteiger partial charge in [-0.25, -0.2) is 27.4 Å². The van der Waals surface area contributed by atoms with E-state index in [0.29, 0.717) is 25.2 Å². The summed E-state index contributed by atoms with van der Waals surface area (Å²) in [5.41, 5.74) is -4.89. The number of fused-ring (bicyclic) bond motifs is 1. The molecule has 0 aliphatic rings. The van der Waals surface area contributed by atoms with Crippen LogP contribution in [0.25, 0.3) is 22.3 Å². The predicted octanol–water partition coefficient (Wildman–Crippen LogP) is 5.77. The van der Waals surface area contributed by atoms with Gasteiger partial charge in [0.05, 0.1) is 11.3 Å². The van der Waals surface area contributed by atoms with E-state index >= 15 is 0 Å². The maximum Gasteiger partial charge on any atom is 0.516 e. The predicted molar refractivity (Wildman–Crippen MR) is 126 cm³/mol. The summed E-state index contributed by atoms with van der Waals surface area (Å²) in [6, 6.07) is 9.65. The summed E-state index contributed by atoms with van der Waals surface area (Å²) >= 11 is 0. The van der Waals surface area contributed by atoms with Gasteiger partial charge < -0.3 is 10.3 Å². The highest BCUT2D eigenvalue weighted by molar-refractivity contribution is 7.93. The van der Waals surface area contributed by atoms with Crippen LogP contribution >= 0.6 is 0 Å². The van der Waals surface area contributed by atoms with Gasteiger partial charge in [-0.3, -0.25) is 0 Å². The summed E-state index contributed by atoms with van der Waals surface area (Å²) in [6.45, 7) is 0.313. The number of alkyl halides is 5. The highest BCUT2D eigenvalue weighted by Gasteiger charge is 2.49. The number of hydrogen-bond donors (Lipinski definition) is 2. The van der Waals surface area contributed by atoms with Gasteiger partial charge >= 0.3 is 15.5 Å². The second-order valence-electron chi connectivity index (χ2n) is 8.15. The van der Waals surface area contributed by atoms with Crippen LogP contribution in [-0.2, 0) is 22.5 Å². The zero-order valence-corrected chi connectivity index (χ0v) is 20.1. The fraction of sp³-hybridized carbons (Fsp3) is 0.217. The van der Waals surface area contributed by atoms with Crippen LogP contribution in [0.4, 0.5) is 37.8 Å². The van der Waals surface area contributed by atoms with E-state index in [9.17, 15) is 34.8 Å². The van der Waals surface area contributed by atoms with E-state index in [1.807, 2.05) is 0 Å². The molecule has 3 heterocycles. The molecule has 37 heavy (non-hydrogen) atoms. The van der Waals surface area contributed by atoms with Crippen molar-refractivity contribution in [2.75, 3.05) is 16.7 Å². The van der Waals surface area contributed by atoms with Crippen LogP contribution in [0.2, 0.25) is 0 Å². The quantitative estimate of drug-likeness (QED) is 0.289. The summed E-state index contributed by atoms with van der Waals surface area (Å²) < 4.78 is 105. The topological polar surface area (TPSA) is 91.0 Å². The van der Waals surface area contributed by atoms with E-state index in [-0.39, 0.29) is 33.1 Å². The molecule has 0 saturated heterocycles. The molecule has 3 aromatic heterocycles. The number of sulfonamides is 1. The number of hydrogen-bond acceptors (Lipinski definition) is 5. The van der Waals surface area contributed by atoms with Crippen molar-refractivity contribution in [1.82, 2.24) is 15.0 Å². The van der Waals surface area contributed by atoms with E-state index in [1.54, 1.807) is 0 Å². The first-order chi connectivity index (χ1) is 17.2. The van der Waals surface area contributed by atoms with Gasteiger partial charge in [-0.1, -0.05) is 6.07 Å². The molecule has 0 aliphatic heterocycles. The summed E-state index contributed by atoms with van der Waals surface area (Å²) in [5.74, 6) is -4.34. The molecular formula is C23H19F6N5O2S. The molecule has 0 saturated carbocycles. The van der Waals surface area contributed by atoms with E-state index < -0.39 is 38.7 Å². The third kappa shape index (κ3) is 5.05. The second-order valence-corrected chi connectivity index (χ2v) is 10.1. The smallest absolute Gasteiger partial charge is 0.380 e. The van der Waals surface area contributed by atoms with Gasteiger partial charge in [0.15, 0.2) is 0 Å². The number of rotatable bonds is 7. The van der Waals surface area contributed by atoms with E-state index in [4.69, 9.17) is 0 Å². The van der Waals surface area contributed by atoms with Crippen LogP contribution in [0.1, 0.15) is 18.1 Å². The number of nitrogens with one attached hydrogen (secondary N) is 2. The maximum atomic E-state index is 14.5. The zero-order chi connectivity index (χ0) is 27.2. The van der Waals surface area contributed by atoms with Crippen LogP contribution < -0.4 is 9.62 Å². The molecule has 0 bridgehead atoms. The largest absolute Gasteiger partial charge is 0.516 e. The standard InChI is InChI=1S/C23H19F6N5O2S/c1-22(25,26)17-12-32-20-16(10-18(33-20)13-5-7-15(24)8-6-13)19(17)31-11-14-4-3-9-30-21(14)34(2)37(35,36)23(27,28)29/h3-10,12H,11H2,1-2H3,(H2,31,32,33). The molecule has 2 N–H and O–H groups in total. The van der Waals surface area contributed by atoms with Crippen LogP contribution in [0.15, 0.2) is 54.9 Å². The van der Waals surface area contributed by atoms with Crippen molar-refractivity contribution in [3.63, 3.8) is 0 Å². The van der Waals surface area contributed by atoms with Crippen LogP contribution in [0, 0.1) is 5.82 Å². The Balaban J connectivity index is 1.76. The molecule has 0 radical (unpaired) electrons. The molecule has 14 heteroatoms. The number of nitrogens with zero attached hydrogens (tertiary/aromatic N) is 3. The minimum Gasteiger partial charge on any atom is -0.380 e. The first kappa shape index (κ1) is 26.3. The van der Waals surface area contributed by atoms with Gasteiger partial charge in [0.2, 0.25) is 0 Å². The zero-order valence-electron chi connectivity index (χ0n) is 19.2. The fourth-order valence-corrected chi connectivity index (χ4v) is 4.39. The van der Waals surface area contributed by atoms with Crippen molar-refractivity contribution >= 4 is 32.6 Å². The number of pyridine rings is 2. The first-order valence-corrected chi connectivity index (χ1v) is 12.0. The van der Waals surface area contributed by atoms with Crippen molar-refractivity contribution in [2.45, 2.75) is 24.9 Å². The van der Waals surface area contributed by atoms with Crippen molar-refractivity contribution in [2.24, 2.45) is 0 Å². The monoisotopic (exact) mass is 543 g/mol. The Kier molecular flexibility index (Phi) is 6.56. The summed E-state index contributed by atoms with van der Waals surface area (Å²) in [6.07, 6.45) is 2.07. The van der Waals surface area contributed by atoms with Gasteiger partial charge in [0.1, 0.15) is 17.3 Å². The summed E-state index contributed by atoms with van der Waals surface area (Å²) in [4.78, 5) is 10.8. The molecule has 0 aliphatic carbocycles. The Morgan fingerprint density at radius 2 is 1.73 bits per heavy atom. The summed E-state index contributed by atoms with van der Waals surface area (Å²) in [7, 11) is -5.05. The van der Waals surface area contributed by atoms with Crippen LogP contribution in [0.5, 0.6) is 0 Å². The molecule has 0 spiro atoms. The molecule has 7 nitrogen and oxygen atoms in total. The highest BCUT2D eigenvalue weighted by Crippen LogP contribution is 2.39. The van der Waals surface area contributed by atoms with Crippen LogP contribution in [0.3, 0.4) is 0 Å². The molecule has 4 rings (SSSR count). The minimum atomic E-state index is -5.75. The Morgan fingerprint density at radius 1 is 1.05 bits per heavy atom. The van der Waals surface area contributed by atoms with Gasteiger partial charge in [0.25, 0.3) is 5.92 Å². The number of H-pyrrole nitrogens is 1. The number of halogens is 6. The molecule has 0 amide bonds. The third-order valence-electron chi connectivity index (χ3n) is 5.56. The molecular weight excluding hydrogens is 524 g/mol. The fourth-order valence-electron chi connectivity index (χ4n) is 3.69. The van der Waals surface area contributed by atoms with Crippen molar-refractivity contribution in [3.8, 4) is 11.3 Å². The Labute approximate surface area is 207 Å². The van der Waals surface area contributed by atoms with Gasteiger partial charge in [-0.2, -0.15) is 21.6 Å². The molecule has 4 aromatic rings. The van der Waals surface area contributed by atoms with Crippen molar-refractivity contribution < 1.29 is 34.8 Å². The van der Waals surface area contributed by atoms with Gasteiger partial charge in [0, 0.05) is 49.6 Å². The second kappa shape index (κ2) is 9.25.